The lowest BCUT2D eigenvalue weighted by Crippen LogP contribution is -2.19. The van der Waals surface area contributed by atoms with Crippen molar-refractivity contribution in [3.05, 3.63) is 76.2 Å². The first-order valence-corrected chi connectivity index (χ1v) is 9.32. The summed E-state index contributed by atoms with van der Waals surface area (Å²) in [5.41, 5.74) is 1.45. The van der Waals surface area contributed by atoms with Gasteiger partial charge >= 0.3 is 5.97 Å². The number of hydrogen-bond donors (Lipinski definition) is 1. The Bertz CT molecular complexity index is 1050. The number of amidine groups is 1. The molecule has 1 saturated heterocycles. The first-order chi connectivity index (χ1) is 14.4. The molecule has 1 aliphatic rings. The Morgan fingerprint density at radius 3 is 2.70 bits per heavy atom. The number of methoxy groups -OCH3 is 1. The summed E-state index contributed by atoms with van der Waals surface area (Å²) in [7, 11) is 1.21. The van der Waals surface area contributed by atoms with E-state index in [-0.39, 0.29) is 22.4 Å². The monoisotopic (exact) mass is 431 g/mol. The van der Waals surface area contributed by atoms with E-state index in [1.807, 2.05) is 0 Å². The third-order valence-electron chi connectivity index (χ3n) is 3.65. The molecular formula is C20H15F2N3O4S. The number of ether oxygens (including phenoxy) is 2. The number of carbonyl (C=O) groups is 2. The molecule has 0 spiro atoms. The van der Waals surface area contributed by atoms with Crippen molar-refractivity contribution in [1.29, 1.82) is 0 Å². The number of thioether (sulfide) groups is 1. The van der Waals surface area contributed by atoms with E-state index in [2.05, 4.69) is 20.3 Å². The Morgan fingerprint density at radius 2 is 1.97 bits per heavy atom. The summed E-state index contributed by atoms with van der Waals surface area (Å²) in [6.45, 7) is 0.104. The molecule has 0 aromatic heterocycles. The minimum Gasteiger partial charge on any atom is -0.489 e. The fourth-order valence-electron chi connectivity index (χ4n) is 2.33. The molecule has 3 rings (SSSR count). The van der Waals surface area contributed by atoms with Gasteiger partial charge in [0.1, 0.15) is 24.0 Å². The zero-order chi connectivity index (χ0) is 21.5. The van der Waals surface area contributed by atoms with Crippen molar-refractivity contribution in [2.24, 2.45) is 10.2 Å². The Labute approximate surface area is 174 Å². The fraction of sp³-hybridized carbons (Fsp3) is 0.100. The van der Waals surface area contributed by atoms with E-state index in [0.29, 0.717) is 5.56 Å². The molecule has 0 atom stereocenters. The number of rotatable bonds is 6. The van der Waals surface area contributed by atoms with Crippen molar-refractivity contribution in [3.63, 3.8) is 0 Å². The van der Waals surface area contributed by atoms with Crippen LogP contribution < -0.4 is 10.1 Å². The SMILES string of the molecule is COC(=O)/C=C1/S/C(=N\N=Cc2cccc(COc3cc(F)cc(F)c3)c2)NC1=O. The molecule has 1 amide bonds. The largest absolute Gasteiger partial charge is 0.489 e. The van der Waals surface area contributed by atoms with Crippen LogP contribution in [0.2, 0.25) is 0 Å². The maximum Gasteiger partial charge on any atom is 0.331 e. The maximum absolute atomic E-state index is 13.2. The summed E-state index contributed by atoms with van der Waals surface area (Å²) >= 11 is 0.963. The van der Waals surface area contributed by atoms with E-state index in [9.17, 15) is 18.4 Å². The molecule has 0 saturated carbocycles. The van der Waals surface area contributed by atoms with E-state index in [1.54, 1.807) is 24.3 Å². The van der Waals surface area contributed by atoms with Gasteiger partial charge in [0, 0.05) is 24.3 Å². The molecule has 1 N–H and O–H groups in total. The molecule has 0 radical (unpaired) electrons. The molecule has 2 aromatic rings. The van der Waals surface area contributed by atoms with Crippen molar-refractivity contribution in [3.8, 4) is 5.75 Å². The Hall–Kier alpha value is -3.53. The van der Waals surface area contributed by atoms with E-state index >= 15 is 0 Å². The summed E-state index contributed by atoms with van der Waals surface area (Å²) in [5.74, 6) is -2.45. The van der Waals surface area contributed by atoms with Crippen molar-refractivity contribution in [2.45, 2.75) is 6.61 Å². The van der Waals surface area contributed by atoms with Crippen molar-refractivity contribution < 1.29 is 27.8 Å². The molecule has 0 aliphatic carbocycles. The number of esters is 1. The van der Waals surface area contributed by atoms with Crippen LogP contribution in [-0.2, 0) is 20.9 Å². The fourth-order valence-corrected chi connectivity index (χ4v) is 3.07. The minimum atomic E-state index is -0.716. The molecule has 10 heteroatoms. The highest BCUT2D eigenvalue weighted by Gasteiger charge is 2.24. The average Bonchev–Trinajstić information content (AvgIpc) is 3.05. The predicted octanol–water partition coefficient (Wildman–Crippen LogP) is 3.15. The van der Waals surface area contributed by atoms with Crippen LogP contribution in [0, 0.1) is 11.6 Å². The maximum atomic E-state index is 13.2. The van der Waals surface area contributed by atoms with Gasteiger partial charge in [-0.25, -0.2) is 13.6 Å². The molecule has 1 aliphatic heterocycles. The topological polar surface area (TPSA) is 89.3 Å². The van der Waals surface area contributed by atoms with E-state index in [0.717, 1.165) is 41.6 Å². The minimum absolute atomic E-state index is 0.0859. The zero-order valence-electron chi connectivity index (χ0n) is 15.6. The molecule has 7 nitrogen and oxygen atoms in total. The van der Waals surface area contributed by atoms with Crippen LogP contribution in [0.25, 0.3) is 0 Å². The summed E-state index contributed by atoms with van der Waals surface area (Å²) in [6, 6.07) is 10.1. The molecular weight excluding hydrogens is 416 g/mol. The molecule has 2 aromatic carbocycles. The first-order valence-electron chi connectivity index (χ1n) is 8.50. The molecule has 0 unspecified atom stereocenters. The summed E-state index contributed by atoms with van der Waals surface area (Å²) < 4.78 is 36.3. The average molecular weight is 431 g/mol. The summed E-state index contributed by atoms with van der Waals surface area (Å²) in [5, 5.41) is 10.5. The van der Waals surface area contributed by atoms with Gasteiger partial charge in [-0.05, 0) is 29.0 Å². The molecule has 154 valence electrons. The van der Waals surface area contributed by atoms with Crippen LogP contribution in [0.5, 0.6) is 5.75 Å². The Morgan fingerprint density at radius 1 is 1.20 bits per heavy atom. The zero-order valence-corrected chi connectivity index (χ0v) is 16.4. The summed E-state index contributed by atoms with van der Waals surface area (Å²) in [6.07, 6.45) is 2.53. The molecule has 0 bridgehead atoms. The van der Waals surface area contributed by atoms with Gasteiger partial charge in [0.25, 0.3) is 5.91 Å². The normalized spacial score (nSPS) is 16.3. The van der Waals surface area contributed by atoms with Gasteiger partial charge in [0.05, 0.1) is 18.2 Å². The lowest BCUT2D eigenvalue weighted by atomic mass is 10.1. The second kappa shape index (κ2) is 9.79. The van der Waals surface area contributed by atoms with Crippen LogP contribution in [0.15, 0.2) is 63.6 Å². The third kappa shape index (κ3) is 5.98. The number of halogens is 2. The van der Waals surface area contributed by atoms with Crippen molar-refractivity contribution in [1.82, 2.24) is 5.32 Å². The van der Waals surface area contributed by atoms with Gasteiger partial charge in [-0.1, -0.05) is 18.2 Å². The van der Waals surface area contributed by atoms with Gasteiger partial charge in [-0.2, -0.15) is 5.10 Å². The number of nitrogens with zero attached hydrogens (tertiary/aromatic N) is 2. The second-order valence-corrected chi connectivity index (χ2v) is 6.91. The first kappa shape index (κ1) is 21.2. The number of benzene rings is 2. The van der Waals surface area contributed by atoms with E-state index in [4.69, 9.17) is 4.74 Å². The predicted molar refractivity (Wildman–Crippen MR) is 108 cm³/mol. The van der Waals surface area contributed by atoms with E-state index in [1.165, 1.54) is 13.3 Å². The second-order valence-electron chi connectivity index (χ2n) is 5.88. The van der Waals surface area contributed by atoms with Crippen molar-refractivity contribution >= 4 is 35.0 Å². The highest BCUT2D eigenvalue weighted by Crippen LogP contribution is 2.23. The standard InChI is InChI=1S/C20H15F2N3O4S/c1-28-18(26)9-17-19(27)24-20(30-17)25-23-10-12-3-2-4-13(5-12)11-29-16-7-14(21)6-15(22)8-16/h2-10H,11H2,1H3,(H,24,25,27)/b17-9+,23-10?. The number of amides is 1. The van der Waals surface area contributed by atoms with E-state index < -0.39 is 23.5 Å². The molecule has 30 heavy (non-hydrogen) atoms. The Kier molecular flexibility index (Phi) is 6.91. The van der Waals surface area contributed by atoms with Crippen LogP contribution in [0.3, 0.4) is 0 Å². The quantitative estimate of drug-likeness (QED) is 0.329. The third-order valence-corrected chi connectivity index (χ3v) is 4.55. The Balaban J connectivity index is 1.61. The number of carbonyl (C=O) groups excluding carboxylic acids is 2. The van der Waals surface area contributed by atoms with Gasteiger partial charge < -0.3 is 9.47 Å². The van der Waals surface area contributed by atoms with Crippen LogP contribution in [0.1, 0.15) is 11.1 Å². The van der Waals surface area contributed by atoms with Crippen LogP contribution in [0.4, 0.5) is 8.78 Å². The summed E-state index contributed by atoms with van der Waals surface area (Å²) in [4.78, 5) is 23.1. The lowest BCUT2D eigenvalue weighted by molar-refractivity contribution is -0.135. The van der Waals surface area contributed by atoms with Gasteiger partial charge in [0.15, 0.2) is 5.17 Å². The van der Waals surface area contributed by atoms with Crippen LogP contribution >= 0.6 is 11.8 Å². The highest BCUT2D eigenvalue weighted by atomic mass is 32.2. The van der Waals surface area contributed by atoms with Crippen molar-refractivity contribution in [2.75, 3.05) is 7.11 Å². The van der Waals surface area contributed by atoms with Crippen LogP contribution in [-0.4, -0.2) is 30.4 Å². The lowest BCUT2D eigenvalue weighted by Gasteiger charge is -2.07. The van der Waals surface area contributed by atoms with Gasteiger partial charge in [0.2, 0.25) is 0 Å². The smallest absolute Gasteiger partial charge is 0.331 e. The number of hydrogen-bond acceptors (Lipinski definition) is 7. The van der Waals surface area contributed by atoms with Gasteiger partial charge in [-0.15, -0.1) is 5.10 Å². The molecule has 1 fully saturated rings. The molecule has 1 heterocycles. The van der Waals surface area contributed by atoms with Gasteiger partial charge in [-0.3, -0.25) is 10.1 Å². The highest BCUT2D eigenvalue weighted by molar-refractivity contribution is 8.18. The number of nitrogens with one attached hydrogen (secondary N) is 1.